The van der Waals surface area contributed by atoms with Gasteiger partial charge in [0.25, 0.3) is 0 Å². The predicted molar refractivity (Wildman–Crippen MR) is 125 cm³/mol. The molecular formula is C22H44O5Si2. The highest BCUT2D eigenvalue weighted by atomic mass is 28.4. The molecule has 0 spiro atoms. The lowest BCUT2D eigenvalue weighted by Gasteiger charge is -2.36. The summed E-state index contributed by atoms with van der Waals surface area (Å²) >= 11 is 0. The van der Waals surface area contributed by atoms with E-state index in [0.717, 1.165) is 6.42 Å². The second kappa shape index (κ2) is 12.1. The van der Waals surface area contributed by atoms with Crippen LogP contribution in [0.2, 0.25) is 37.8 Å². The van der Waals surface area contributed by atoms with Crippen molar-refractivity contribution >= 4 is 28.3 Å². The van der Waals surface area contributed by atoms with Crippen molar-refractivity contribution in [2.45, 2.75) is 85.2 Å². The molecule has 1 unspecified atom stereocenters. The topological polar surface area (TPSA) is 61.8 Å². The lowest BCUT2D eigenvalue weighted by Crippen LogP contribution is -2.41. The normalized spacial score (nSPS) is 14.3. The molecule has 0 heterocycles. The molecule has 0 amide bonds. The zero-order chi connectivity index (χ0) is 22.9. The van der Waals surface area contributed by atoms with E-state index in [9.17, 15) is 9.59 Å². The van der Waals surface area contributed by atoms with E-state index in [2.05, 4.69) is 59.2 Å². The number of rotatable bonds is 12. The third-order valence-corrected chi connectivity index (χ3v) is 11.0. The molecule has 0 aliphatic heterocycles. The molecule has 0 bridgehead atoms. The zero-order valence-electron chi connectivity index (χ0n) is 20.4. The van der Waals surface area contributed by atoms with Crippen molar-refractivity contribution in [3.63, 3.8) is 0 Å². The average molecular weight is 445 g/mol. The summed E-state index contributed by atoms with van der Waals surface area (Å²) in [5, 5.41) is 0.155. The Hall–Kier alpha value is -0.926. The Bertz CT molecular complexity index is 526. The first kappa shape index (κ1) is 28.1. The van der Waals surface area contributed by atoms with E-state index in [4.69, 9.17) is 13.9 Å². The Labute approximate surface area is 180 Å². The summed E-state index contributed by atoms with van der Waals surface area (Å²) in [6, 6.07) is 0. The van der Waals surface area contributed by atoms with Crippen molar-refractivity contribution in [2.24, 2.45) is 11.8 Å². The van der Waals surface area contributed by atoms with Crippen LogP contribution >= 0.6 is 0 Å². The van der Waals surface area contributed by atoms with Crippen molar-refractivity contribution < 1.29 is 23.5 Å². The third-order valence-electron chi connectivity index (χ3n) is 5.30. The maximum atomic E-state index is 12.6. The molecule has 0 saturated heterocycles. The van der Waals surface area contributed by atoms with Crippen LogP contribution in [-0.4, -0.2) is 48.2 Å². The number of hydrogen-bond donors (Lipinski definition) is 0. The van der Waals surface area contributed by atoms with Crippen LogP contribution in [0.1, 0.15) is 47.5 Å². The zero-order valence-corrected chi connectivity index (χ0v) is 22.4. The van der Waals surface area contributed by atoms with Crippen molar-refractivity contribution in [3.05, 3.63) is 11.8 Å². The largest absolute Gasteiger partial charge is 0.465 e. The van der Waals surface area contributed by atoms with Crippen LogP contribution in [0.3, 0.4) is 0 Å². The van der Waals surface area contributed by atoms with Gasteiger partial charge in [-0.25, -0.2) is 0 Å². The van der Waals surface area contributed by atoms with E-state index in [-0.39, 0.29) is 24.2 Å². The van der Waals surface area contributed by atoms with Crippen molar-refractivity contribution in [3.8, 4) is 0 Å². The Morgan fingerprint density at radius 1 is 0.931 bits per heavy atom. The molecule has 1 atom stereocenters. The molecule has 0 aliphatic rings. The van der Waals surface area contributed by atoms with Gasteiger partial charge in [0.2, 0.25) is 0 Å². The molecule has 170 valence electrons. The number of ether oxygens (including phenoxy) is 2. The quantitative estimate of drug-likeness (QED) is 0.170. The van der Waals surface area contributed by atoms with Crippen LogP contribution in [0.5, 0.6) is 0 Å². The van der Waals surface area contributed by atoms with Crippen LogP contribution in [-0.2, 0) is 23.5 Å². The maximum Gasteiger partial charge on any atom is 0.320 e. The first-order valence-electron chi connectivity index (χ1n) is 10.8. The maximum absolute atomic E-state index is 12.6. The molecule has 5 nitrogen and oxygen atoms in total. The SMILES string of the molecule is CCOC(=O)C(C(=O)OCC)C(/C=C/[Si](C)(C)C)CCCO[Si](C)(C)C(C)(C)C. The lowest BCUT2D eigenvalue weighted by molar-refractivity contribution is -0.163. The average Bonchev–Trinajstić information content (AvgIpc) is 2.54. The van der Waals surface area contributed by atoms with E-state index in [1.165, 1.54) is 0 Å². The van der Waals surface area contributed by atoms with E-state index >= 15 is 0 Å². The fourth-order valence-electron chi connectivity index (χ4n) is 2.56. The van der Waals surface area contributed by atoms with Crippen LogP contribution < -0.4 is 0 Å². The number of allylic oxidation sites excluding steroid dienone is 1. The van der Waals surface area contributed by atoms with Crippen LogP contribution in [0.25, 0.3) is 0 Å². The van der Waals surface area contributed by atoms with Gasteiger partial charge in [-0.2, -0.15) is 0 Å². The molecule has 0 aliphatic carbocycles. The first-order chi connectivity index (χ1) is 13.2. The van der Waals surface area contributed by atoms with Crippen molar-refractivity contribution in [1.29, 1.82) is 0 Å². The highest BCUT2D eigenvalue weighted by Gasteiger charge is 2.38. The second-order valence-electron chi connectivity index (χ2n) is 10.1. The van der Waals surface area contributed by atoms with Gasteiger partial charge in [0, 0.05) is 12.5 Å². The van der Waals surface area contributed by atoms with Crippen LogP contribution in [0.4, 0.5) is 0 Å². The van der Waals surface area contributed by atoms with Crippen molar-refractivity contribution in [2.75, 3.05) is 19.8 Å². The van der Waals surface area contributed by atoms with Gasteiger partial charge in [-0.1, -0.05) is 52.2 Å². The Kier molecular flexibility index (Phi) is 11.7. The summed E-state index contributed by atoms with van der Waals surface area (Å²) in [5.41, 5.74) is 2.19. The molecule has 0 aromatic heterocycles. The van der Waals surface area contributed by atoms with Gasteiger partial charge in [-0.15, -0.1) is 0 Å². The third kappa shape index (κ3) is 10.6. The number of esters is 2. The van der Waals surface area contributed by atoms with E-state index in [0.29, 0.717) is 13.0 Å². The molecule has 0 saturated carbocycles. The van der Waals surface area contributed by atoms with Gasteiger partial charge in [-0.3, -0.25) is 9.59 Å². The standard InChI is InChI=1S/C22H44O5Si2/c1-11-25-20(23)19(21(24)26-12-2)18(15-17-28(6,7)8)14-13-16-27-29(9,10)22(3,4)5/h15,17-19H,11-14,16H2,1-10H3/b17-15+. The van der Waals surface area contributed by atoms with Gasteiger partial charge in [0.1, 0.15) is 0 Å². The Balaban J connectivity index is 5.41. The summed E-state index contributed by atoms with van der Waals surface area (Å²) < 4.78 is 16.7. The summed E-state index contributed by atoms with van der Waals surface area (Å²) in [4.78, 5) is 25.2. The fourth-order valence-corrected chi connectivity index (χ4v) is 4.47. The van der Waals surface area contributed by atoms with E-state index < -0.39 is 34.2 Å². The Morgan fingerprint density at radius 3 is 1.79 bits per heavy atom. The second-order valence-corrected chi connectivity index (χ2v) is 20.0. The monoisotopic (exact) mass is 444 g/mol. The molecule has 0 N–H and O–H groups in total. The molecule has 0 fully saturated rings. The molecule has 0 aromatic carbocycles. The van der Waals surface area contributed by atoms with Crippen molar-refractivity contribution in [1.82, 2.24) is 0 Å². The summed E-state index contributed by atoms with van der Waals surface area (Å²) in [5.74, 6) is -2.17. The van der Waals surface area contributed by atoms with Crippen LogP contribution in [0.15, 0.2) is 11.8 Å². The fraction of sp³-hybridized carbons (Fsp3) is 0.818. The first-order valence-corrected chi connectivity index (χ1v) is 17.3. The van der Waals surface area contributed by atoms with Gasteiger partial charge >= 0.3 is 11.9 Å². The number of hydrogen-bond acceptors (Lipinski definition) is 5. The minimum absolute atomic E-state index is 0.155. The Morgan fingerprint density at radius 2 is 1.41 bits per heavy atom. The number of carbonyl (C=O) groups is 2. The van der Waals surface area contributed by atoms with Crippen LogP contribution in [0, 0.1) is 11.8 Å². The highest BCUT2D eigenvalue weighted by molar-refractivity contribution is 6.80. The van der Waals surface area contributed by atoms with Gasteiger partial charge in [0.15, 0.2) is 14.2 Å². The predicted octanol–water partition coefficient (Wildman–Crippen LogP) is 5.58. The molecular weight excluding hydrogens is 400 g/mol. The highest BCUT2D eigenvalue weighted by Crippen LogP contribution is 2.36. The van der Waals surface area contributed by atoms with E-state index in [1.54, 1.807) is 13.8 Å². The molecule has 0 rings (SSSR count). The smallest absolute Gasteiger partial charge is 0.320 e. The summed E-state index contributed by atoms with van der Waals surface area (Å²) in [7, 11) is -3.30. The molecule has 0 radical (unpaired) electrons. The van der Waals surface area contributed by atoms with Gasteiger partial charge < -0.3 is 13.9 Å². The molecule has 7 heteroatoms. The lowest BCUT2D eigenvalue weighted by atomic mass is 9.88. The minimum atomic E-state index is -1.82. The van der Waals surface area contributed by atoms with Gasteiger partial charge in [0.05, 0.1) is 21.3 Å². The van der Waals surface area contributed by atoms with Gasteiger partial charge in [-0.05, 0) is 44.8 Å². The summed E-state index contributed by atoms with van der Waals surface area (Å²) in [6.45, 7) is 22.4. The van der Waals surface area contributed by atoms with E-state index in [1.807, 2.05) is 6.08 Å². The molecule has 29 heavy (non-hydrogen) atoms. The minimum Gasteiger partial charge on any atom is -0.465 e. The summed E-state index contributed by atoms with van der Waals surface area (Å²) in [6.07, 6.45) is 3.50. The number of carbonyl (C=O) groups excluding carboxylic acids is 2. The molecule has 0 aromatic rings.